The Morgan fingerprint density at radius 1 is 1.32 bits per heavy atom. The summed E-state index contributed by atoms with van der Waals surface area (Å²) >= 11 is 0. The third-order valence-electron chi connectivity index (χ3n) is 4.01. The summed E-state index contributed by atoms with van der Waals surface area (Å²) in [5, 5.41) is 13.4. The number of rotatable bonds is 8. The lowest BCUT2D eigenvalue weighted by atomic mass is 10.3. The average molecular weight is 411 g/mol. The standard InChI is InChI=1S/C17H22N6O4.ClH/c1-22-14-13(15(25)21-17(22)26)23(16(20-14)19-8-7-18)9-11(24)10-27-12-5-3-2-4-6-12;/h2-6,11,24H,7-10,18H2,1H3,(H,19,20)(H,21,25,26);1H. The summed E-state index contributed by atoms with van der Waals surface area (Å²) in [5.41, 5.74) is 4.81. The zero-order valence-corrected chi connectivity index (χ0v) is 16.1. The highest BCUT2D eigenvalue weighted by atomic mass is 35.5. The quantitative estimate of drug-likeness (QED) is 0.398. The van der Waals surface area contributed by atoms with E-state index >= 15 is 0 Å². The van der Waals surface area contributed by atoms with Crippen molar-refractivity contribution in [1.29, 1.82) is 0 Å². The fraction of sp³-hybridized carbons (Fsp3) is 0.353. The van der Waals surface area contributed by atoms with Crippen LogP contribution in [0.5, 0.6) is 5.75 Å². The van der Waals surface area contributed by atoms with E-state index in [-0.39, 0.29) is 36.7 Å². The van der Waals surface area contributed by atoms with Gasteiger partial charge in [-0.25, -0.2) is 4.79 Å². The molecule has 0 amide bonds. The van der Waals surface area contributed by atoms with Crippen molar-refractivity contribution in [2.45, 2.75) is 12.6 Å². The van der Waals surface area contributed by atoms with Gasteiger partial charge in [0.15, 0.2) is 11.2 Å². The van der Waals surface area contributed by atoms with Gasteiger partial charge in [0.1, 0.15) is 18.5 Å². The molecule has 0 radical (unpaired) electrons. The second kappa shape index (κ2) is 9.40. The van der Waals surface area contributed by atoms with Gasteiger partial charge in [-0.1, -0.05) is 18.2 Å². The molecule has 3 rings (SSSR count). The molecule has 10 nitrogen and oxygen atoms in total. The highest BCUT2D eigenvalue weighted by Gasteiger charge is 2.19. The molecule has 0 aliphatic rings. The van der Waals surface area contributed by atoms with Crippen LogP contribution in [0.2, 0.25) is 0 Å². The van der Waals surface area contributed by atoms with Gasteiger partial charge in [0.2, 0.25) is 5.95 Å². The van der Waals surface area contributed by atoms with E-state index < -0.39 is 17.4 Å². The van der Waals surface area contributed by atoms with Gasteiger partial charge >= 0.3 is 5.69 Å². The first-order chi connectivity index (χ1) is 13.0. The SMILES string of the molecule is Cl.Cn1c(=O)[nH]c(=O)c2c1nc(NCCN)n2CC(O)COc1ccccc1. The molecule has 28 heavy (non-hydrogen) atoms. The number of halogens is 1. The monoisotopic (exact) mass is 410 g/mol. The topological polar surface area (TPSA) is 140 Å². The Bertz CT molecular complexity index is 1030. The van der Waals surface area contributed by atoms with Gasteiger partial charge in [0.05, 0.1) is 6.54 Å². The Labute approximate surface area is 166 Å². The molecule has 152 valence electrons. The Balaban J connectivity index is 0.00000280. The average Bonchev–Trinajstić information content (AvgIpc) is 3.02. The number of para-hydroxylation sites is 1. The van der Waals surface area contributed by atoms with E-state index in [2.05, 4.69) is 15.3 Å². The number of nitrogens with zero attached hydrogens (tertiary/aromatic N) is 3. The maximum absolute atomic E-state index is 12.3. The summed E-state index contributed by atoms with van der Waals surface area (Å²) in [5.74, 6) is 0.981. The summed E-state index contributed by atoms with van der Waals surface area (Å²) in [7, 11) is 1.51. The summed E-state index contributed by atoms with van der Waals surface area (Å²) in [4.78, 5) is 30.7. The van der Waals surface area contributed by atoms with Gasteiger partial charge < -0.3 is 25.5 Å². The van der Waals surface area contributed by atoms with E-state index in [1.54, 1.807) is 12.1 Å². The van der Waals surface area contributed by atoms with Gasteiger partial charge in [0.25, 0.3) is 5.56 Å². The van der Waals surface area contributed by atoms with Crippen molar-refractivity contribution in [2.75, 3.05) is 25.0 Å². The zero-order chi connectivity index (χ0) is 19.4. The number of nitrogens with two attached hydrogens (primary N) is 1. The Kier molecular flexibility index (Phi) is 7.21. The fourth-order valence-electron chi connectivity index (χ4n) is 2.70. The number of benzene rings is 1. The lowest BCUT2D eigenvalue weighted by Gasteiger charge is -2.15. The second-order valence-electron chi connectivity index (χ2n) is 6.03. The van der Waals surface area contributed by atoms with Gasteiger partial charge in [-0.15, -0.1) is 12.4 Å². The molecular formula is C17H23ClN6O4. The molecule has 11 heteroatoms. The molecule has 0 bridgehead atoms. The van der Waals surface area contributed by atoms with Crippen LogP contribution in [-0.2, 0) is 13.6 Å². The minimum absolute atomic E-state index is 0. The maximum atomic E-state index is 12.3. The van der Waals surface area contributed by atoms with E-state index in [4.69, 9.17) is 10.5 Å². The Morgan fingerprint density at radius 3 is 2.71 bits per heavy atom. The number of ether oxygens (including phenoxy) is 1. The van der Waals surface area contributed by atoms with Crippen molar-refractivity contribution >= 4 is 29.5 Å². The second-order valence-corrected chi connectivity index (χ2v) is 6.03. The first kappa shape index (κ1) is 21.5. The number of anilines is 1. The molecule has 3 aromatic rings. The number of fused-ring (bicyclic) bond motifs is 1. The third kappa shape index (κ3) is 4.53. The number of hydrogen-bond donors (Lipinski definition) is 4. The fourth-order valence-corrected chi connectivity index (χ4v) is 2.70. The Hall–Kier alpha value is -2.82. The number of aliphatic hydroxyl groups is 1. The van der Waals surface area contributed by atoms with Gasteiger partial charge in [0, 0.05) is 20.1 Å². The van der Waals surface area contributed by atoms with Crippen molar-refractivity contribution < 1.29 is 9.84 Å². The number of aryl methyl sites for hydroxylation is 1. The van der Waals surface area contributed by atoms with Crippen LogP contribution in [-0.4, -0.2) is 50.0 Å². The smallest absolute Gasteiger partial charge is 0.329 e. The number of imidazole rings is 1. The molecule has 1 atom stereocenters. The molecular weight excluding hydrogens is 388 g/mol. The molecule has 0 saturated carbocycles. The highest BCUT2D eigenvalue weighted by molar-refractivity contribution is 5.85. The minimum atomic E-state index is -0.905. The first-order valence-corrected chi connectivity index (χ1v) is 8.50. The third-order valence-corrected chi connectivity index (χ3v) is 4.01. The lowest BCUT2D eigenvalue weighted by Crippen LogP contribution is -2.31. The molecule has 0 fully saturated rings. The summed E-state index contributed by atoms with van der Waals surface area (Å²) in [6.07, 6.45) is -0.905. The maximum Gasteiger partial charge on any atom is 0.329 e. The van der Waals surface area contributed by atoms with E-state index in [9.17, 15) is 14.7 Å². The van der Waals surface area contributed by atoms with E-state index in [1.807, 2.05) is 18.2 Å². The minimum Gasteiger partial charge on any atom is -0.491 e. The van der Waals surface area contributed by atoms with E-state index in [1.165, 1.54) is 16.2 Å². The number of hydrogen-bond acceptors (Lipinski definition) is 7. The summed E-state index contributed by atoms with van der Waals surface area (Å²) < 4.78 is 8.33. The number of aromatic amines is 1. The van der Waals surface area contributed by atoms with Gasteiger partial charge in [-0.05, 0) is 12.1 Å². The molecule has 5 N–H and O–H groups in total. The lowest BCUT2D eigenvalue weighted by molar-refractivity contribution is 0.0938. The van der Waals surface area contributed by atoms with Crippen LogP contribution in [0.3, 0.4) is 0 Å². The van der Waals surface area contributed by atoms with Crippen LogP contribution < -0.4 is 27.0 Å². The normalized spacial score (nSPS) is 11.8. The molecule has 0 saturated heterocycles. The predicted molar refractivity (Wildman–Crippen MR) is 108 cm³/mol. The number of H-pyrrole nitrogens is 1. The zero-order valence-electron chi connectivity index (χ0n) is 15.3. The van der Waals surface area contributed by atoms with Crippen LogP contribution in [0.15, 0.2) is 39.9 Å². The number of aliphatic hydroxyl groups excluding tert-OH is 1. The van der Waals surface area contributed by atoms with Crippen molar-refractivity contribution in [3.8, 4) is 5.75 Å². The molecule has 0 spiro atoms. The van der Waals surface area contributed by atoms with Gasteiger partial charge in [-0.2, -0.15) is 4.98 Å². The van der Waals surface area contributed by atoms with Crippen molar-refractivity contribution in [3.63, 3.8) is 0 Å². The first-order valence-electron chi connectivity index (χ1n) is 8.50. The van der Waals surface area contributed by atoms with Crippen LogP contribution >= 0.6 is 12.4 Å². The van der Waals surface area contributed by atoms with Crippen LogP contribution in [0, 0.1) is 0 Å². The molecule has 0 aliphatic carbocycles. The van der Waals surface area contributed by atoms with Crippen molar-refractivity contribution in [3.05, 3.63) is 51.2 Å². The highest BCUT2D eigenvalue weighted by Crippen LogP contribution is 2.16. The van der Waals surface area contributed by atoms with Gasteiger partial charge in [-0.3, -0.25) is 14.3 Å². The largest absolute Gasteiger partial charge is 0.491 e. The summed E-state index contributed by atoms with van der Waals surface area (Å²) in [6.45, 7) is 0.866. The van der Waals surface area contributed by atoms with Crippen LogP contribution in [0.25, 0.3) is 11.2 Å². The molecule has 2 aromatic heterocycles. The summed E-state index contributed by atoms with van der Waals surface area (Å²) in [6, 6.07) is 9.11. The van der Waals surface area contributed by atoms with E-state index in [0.717, 1.165) is 0 Å². The molecule has 0 aliphatic heterocycles. The number of nitrogens with one attached hydrogen (secondary N) is 2. The molecule has 1 aromatic carbocycles. The Morgan fingerprint density at radius 2 is 2.04 bits per heavy atom. The molecule has 1 unspecified atom stereocenters. The molecule has 2 heterocycles. The van der Waals surface area contributed by atoms with E-state index in [0.29, 0.717) is 24.8 Å². The van der Waals surface area contributed by atoms with Crippen LogP contribution in [0.4, 0.5) is 5.95 Å². The predicted octanol–water partition coefficient (Wildman–Crippen LogP) is -0.344. The van der Waals surface area contributed by atoms with Crippen molar-refractivity contribution in [1.82, 2.24) is 19.1 Å². The van der Waals surface area contributed by atoms with Crippen molar-refractivity contribution in [2.24, 2.45) is 12.8 Å². The number of aromatic nitrogens is 4. The van der Waals surface area contributed by atoms with Crippen LogP contribution in [0.1, 0.15) is 0 Å².